The number of fused-ring (bicyclic) bond motifs is 1. The fourth-order valence-electron chi connectivity index (χ4n) is 4.47. The Morgan fingerprint density at radius 3 is 2.39 bits per heavy atom. The predicted octanol–water partition coefficient (Wildman–Crippen LogP) is 3.08. The average Bonchev–Trinajstić information content (AvgIpc) is 2.77. The van der Waals surface area contributed by atoms with Crippen LogP contribution < -0.4 is 10.7 Å². The third kappa shape index (κ3) is 5.24. The number of allylic oxidation sites excluding steroid dienone is 5. The van der Waals surface area contributed by atoms with Crippen LogP contribution in [0.2, 0.25) is 0 Å². The summed E-state index contributed by atoms with van der Waals surface area (Å²) in [5.41, 5.74) is 2.24. The SMILES string of the molecule is CC(=O)C1=CN=c2ccc(=C3C=C(Cl)C(=O)C(Cl)=C3)nc2C1=NC1CCC(CN(C)C)CC1. The molecule has 4 rings (SSSR count). The van der Waals surface area contributed by atoms with Gasteiger partial charge in [-0.05, 0) is 76.9 Å². The molecule has 33 heavy (non-hydrogen) atoms. The number of carbonyl (C=O) groups is 2. The zero-order chi connectivity index (χ0) is 23.7. The van der Waals surface area contributed by atoms with Gasteiger partial charge in [-0.1, -0.05) is 23.2 Å². The number of nitrogens with zero attached hydrogens (tertiary/aromatic N) is 4. The molecule has 2 heterocycles. The van der Waals surface area contributed by atoms with Crippen molar-refractivity contribution in [2.45, 2.75) is 38.6 Å². The normalized spacial score (nSPS) is 24.2. The first kappa shape index (κ1) is 23.7. The van der Waals surface area contributed by atoms with Crippen molar-refractivity contribution in [2.75, 3.05) is 20.6 Å². The van der Waals surface area contributed by atoms with Gasteiger partial charge in [-0.15, -0.1) is 0 Å². The fourth-order valence-corrected chi connectivity index (χ4v) is 4.95. The monoisotopic (exact) mass is 484 g/mol. The van der Waals surface area contributed by atoms with Crippen LogP contribution in [0.4, 0.5) is 0 Å². The van der Waals surface area contributed by atoms with Gasteiger partial charge in [-0.3, -0.25) is 19.6 Å². The zero-order valence-corrected chi connectivity index (χ0v) is 20.5. The number of aromatic nitrogens is 1. The molecule has 0 radical (unpaired) electrons. The molecule has 0 N–H and O–H groups in total. The van der Waals surface area contributed by atoms with Crippen LogP contribution in [0.15, 0.2) is 56.1 Å². The maximum atomic E-state index is 12.4. The minimum atomic E-state index is -0.413. The molecule has 1 aliphatic heterocycles. The van der Waals surface area contributed by atoms with Crippen LogP contribution in [0.1, 0.15) is 38.3 Å². The van der Waals surface area contributed by atoms with Crippen molar-refractivity contribution in [3.63, 3.8) is 0 Å². The molecule has 8 heteroatoms. The second-order valence-electron chi connectivity index (χ2n) is 8.98. The molecule has 6 nitrogen and oxygen atoms in total. The predicted molar refractivity (Wildman–Crippen MR) is 131 cm³/mol. The number of hydrogen-bond donors (Lipinski definition) is 0. The number of ketones is 2. The summed E-state index contributed by atoms with van der Waals surface area (Å²) in [4.78, 5) is 40.8. The second kappa shape index (κ2) is 9.84. The Hall–Kier alpha value is -2.41. The molecule has 0 atom stereocenters. The quantitative estimate of drug-likeness (QED) is 0.657. The highest BCUT2D eigenvalue weighted by Crippen LogP contribution is 2.28. The van der Waals surface area contributed by atoms with E-state index >= 15 is 0 Å². The van der Waals surface area contributed by atoms with Gasteiger partial charge >= 0.3 is 0 Å². The van der Waals surface area contributed by atoms with E-state index in [-0.39, 0.29) is 21.9 Å². The van der Waals surface area contributed by atoms with Crippen LogP contribution >= 0.6 is 23.2 Å². The molecule has 172 valence electrons. The first-order valence-electron chi connectivity index (χ1n) is 11.1. The van der Waals surface area contributed by atoms with Gasteiger partial charge in [0, 0.05) is 18.3 Å². The Balaban J connectivity index is 1.75. The van der Waals surface area contributed by atoms with Crippen molar-refractivity contribution in [1.82, 2.24) is 9.88 Å². The highest BCUT2D eigenvalue weighted by atomic mass is 35.5. The molecule has 0 aromatic carbocycles. The summed E-state index contributed by atoms with van der Waals surface area (Å²) in [6.45, 7) is 2.61. The van der Waals surface area contributed by atoms with Crippen LogP contribution in [0, 0.1) is 5.92 Å². The standard InChI is InChI=1S/C25H26Cl2N4O2/c1-14(32)18-12-28-22-9-8-21(16-10-19(26)25(33)20(27)11-16)30-24(22)23(18)29-17-6-4-15(5-7-17)13-31(2)3/h8-12,15,17H,4-7,13H2,1-3H3. The topological polar surface area (TPSA) is 75.0 Å². The van der Waals surface area contributed by atoms with E-state index in [1.54, 1.807) is 24.4 Å². The summed E-state index contributed by atoms with van der Waals surface area (Å²) < 4.78 is 0. The average molecular weight is 485 g/mol. The molecule has 0 spiro atoms. The van der Waals surface area contributed by atoms with Crippen LogP contribution in [0.3, 0.4) is 0 Å². The molecule has 1 aromatic heterocycles. The lowest BCUT2D eigenvalue weighted by atomic mass is 9.85. The number of hydrogen-bond acceptors (Lipinski definition) is 6. The summed E-state index contributed by atoms with van der Waals surface area (Å²) in [7, 11) is 4.21. The number of rotatable bonds is 4. The first-order chi connectivity index (χ1) is 15.7. The van der Waals surface area contributed by atoms with E-state index in [1.165, 1.54) is 6.92 Å². The number of pyridine rings is 1. The van der Waals surface area contributed by atoms with Gasteiger partial charge in [0.15, 0.2) is 5.78 Å². The van der Waals surface area contributed by atoms with E-state index in [0.29, 0.717) is 39.2 Å². The lowest BCUT2D eigenvalue weighted by molar-refractivity contribution is -0.113. The molecule has 1 aromatic rings. The van der Waals surface area contributed by atoms with Crippen LogP contribution in [0.25, 0.3) is 5.57 Å². The molecular formula is C25H26Cl2N4O2. The molecule has 2 aliphatic carbocycles. The van der Waals surface area contributed by atoms with Gasteiger partial charge in [-0.25, -0.2) is 4.98 Å². The largest absolute Gasteiger partial charge is 0.309 e. The summed E-state index contributed by atoms with van der Waals surface area (Å²) in [5.74, 6) is 0.165. The molecule has 1 fully saturated rings. The summed E-state index contributed by atoms with van der Waals surface area (Å²) in [6.07, 6.45) is 8.88. The minimum absolute atomic E-state index is 0.0365. The van der Waals surface area contributed by atoms with Gasteiger partial charge in [-0.2, -0.15) is 0 Å². The summed E-state index contributed by atoms with van der Waals surface area (Å²) >= 11 is 12.1. The first-order valence-corrected chi connectivity index (χ1v) is 11.8. The van der Waals surface area contributed by atoms with Crippen molar-refractivity contribution in [2.24, 2.45) is 15.9 Å². The Morgan fingerprint density at radius 1 is 1.12 bits per heavy atom. The van der Waals surface area contributed by atoms with Gasteiger partial charge in [0.25, 0.3) is 0 Å². The third-order valence-corrected chi connectivity index (χ3v) is 6.67. The van der Waals surface area contributed by atoms with E-state index in [0.717, 1.165) is 32.2 Å². The van der Waals surface area contributed by atoms with Crippen molar-refractivity contribution in [1.29, 1.82) is 0 Å². The lowest BCUT2D eigenvalue weighted by Gasteiger charge is -2.29. The molecule has 0 saturated heterocycles. The van der Waals surface area contributed by atoms with Gasteiger partial charge in [0.2, 0.25) is 5.78 Å². The highest BCUT2D eigenvalue weighted by Gasteiger charge is 2.26. The van der Waals surface area contributed by atoms with Crippen molar-refractivity contribution in [3.05, 3.63) is 62.5 Å². The Kier molecular flexibility index (Phi) is 7.07. The third-order valence-electron chi connectivity index (χ3n) is 6.11. The van der Waals surface area contributed by atoms with Crippen LogP contribution in [-0.2, 0) is 9.59 Å². The summed E-state index contributed by atoms with van der Waals surface area (Å²) in [6, 6.07) is 3.77. The van der Waals surface area contributed by atoms with Crippen LogP contribution in [0.5, 0.6) is 0 Å². The van der Waals surface area contributed by atoms with E-state index in [9.17, 15) is 9.59 Å². The maximum Gasteiger partial charge on any atom is 0.215 e. The molecule has 1 saturated carbocycles. The second-order valence-corrected chi connectivity index (χ2v) is 9.79. The smallest absolute Gasteiger partial charge is 0.215 e. The van der Waals surface area contributed by atoms with Crippen molar-refractivity contribution < 1.29 is 9.59 Å². The Bertz CT molecular complexity index is 1230. The van der Waals surface area contributed by atoms with E-state index in [4.69, 9.17) is 33.2 Å². The number of Topliss-reactive ketones (excluding diaryl/α,β-unsaturated/α-hetero) is 2. The highest BCUT2D eigenvalue weighted by molar-refractivity contribution is 6.56. The molecule has 0 unspecified atom stereocenters. The molecule has 0 bridgehead atoms. The lowest BCUT2D eigenvalue weighted by Crippen LogP contribution is -2.32. The van der Waals surface area contributed by atoms with E-state index in [1.807, 2.05) is 6.07 Å². The van der Waals surface area contributed by atoms with Crippen molar-refractivity contribution >= 4 is 46.1 Å². The van der Waals surface area contributed by atoms with E-state index in [2.05, 4.69) is 24.0 Å². The summed E-state index contributed by atoms with van der Waals surface area (Å²) in [5, 5.41) is 1.31. The zero-order valence-electron chi connectivity index (χ0n) is 18.9. The maximum absolute atomic E-state index is 12.4. The fraction of sp³-hybridized carbons (Fsp3) is 0.400. The van der Waals surface area contributed by atoms with E-state index < -0.39 is 5.78 Å². The van der Waals surface area contributed by atoms with Gasteiger partial charge in [0.1, 0.15) is 5.69 Å². The molecule has 3 aliphatic rings. The molecular weight excluding hydrogens is 459 g/mol. The number of aliphatic imine (C=N–C) groups is 1. The molecule has 0 amide bonds. The van der Waals surface area contributed by atoms with Crippen LogP contribution in [-0.4, -0.2) is 53.8 Å². The number of carbonyl (C=O) groups excluding carboxylic acids is 2. The van der Waals surface area contributed by atoms with Gasteiger partial charge < -0.3 is 4.90 Å². The minimum Gasteiger partial charge on any atom is -0.309 e. The van der Waals surface area contributed by atoms with Crippen molar-refractivity contribution in [3.8, 4) is 0 Å². The number of halogens is 2. The Morgan fingerprint density at radius 2 is 1.79 bits per heavy atom. The Labute approximate surface area is 203 Å². The van der Waals surface area contributed by atoms with Gasteiger partial charge in [0.05, 0.1) is 38.1 Å².